The molecule has 24 heavy (non-hydrogen) atoms. The van der Waals surface area contributed by atoms with Crippen molar-refractivity contribution in [3.8, 4) is 0 Å². The molecule has 1 saturated heterocycles. The second-order valence-corrected chi connectivity index (χ2v) is 8.54. The van der Waals surface area contributed by atoms with Gasteiger partial charge in [0, 0.05) is 25.5 Å². The third-order valence-corrected chi connectivity index (χ3v) is 6.62. The predicted octanol–water partition coefficient (Wildman–Crippen LogP) is 2.92. The van der Waals surface area contributed by atoms with Crippen molar-refractivity contribution in [3.63, 3.8) is 0 Å². The number of hydrogen-bond donors (Lipinski definition) is 1. The summed E-state index contributed by atoms with van der Waals surface area (Å²) in [4.78, 5) is 20.3. The summed E-state index contributed by atoms with van der Waals surface area (Å²) >= 11 is 7.39. The average Bonchev–Trinajstić information content (AvgIpc) is 2.91. The maximum Gasteiger partial charge on any atom is 0.264 e. The first kappa shape index (κ1) is 16.1. The van der Waals surface area contributed by atoms with Crippen molar-refractivity contribution in [3.05, 3.63) is 39.6 Å². The Morgan fingerprint density at radius 1 is 1.50 bits per heavy atom. The lowest BCUT2D eigenvalue weighted by Gasteiger charge is -2.29. The number of aromatic nitrogens is 2. The highest BCUT2D eigenvalue weighted by atomic mass is 35.5. The number of halogens is 1. The number of thiophene rings is 1. The van der Waals surface area contributed by atoms with E-state index in [0.717, 1.165) is 38.2 Å². The molecule has 1 N–H and O–H groups in total. The number of piperidine rings is 1. The molecule has 0 unspecified atom stereocenters. The smallest absolute Gasteiger partial charge is 0.264 e. The van der Waals surface area contributed by atoms with Crippen LogP contribution in [0.25, 0.3) is 0 Å². The molecule has 7 heteroatoms. The van der Waals surface area contributed by atoms with Crippen LogP contribution in [0.4, 0.5) is 0 Å². The Labute approximate surface area is 150 Å². The summed E-state index contributed by atoms with van der Waals surface area (Å²) in [5.74, 6) is 0.997. The van der Waals surface area contributed by atoms with Crippen LogP contribution in [0.1, 0.15) is 34.8 Å². The van der Waals surface area contributed by atoms with Gasteiger partial charge in [0.1, 0.15) is 5.82 Å². The maximum atomic E-state index is 13.1. The average molecular weight is 365 g/mol. The Morgan fingerprint density at radius 2 is 2.29 bits per heavy atom. The molecule has 3 heterocycles. The Hall–Kier alpha value is -1.37. The van der Waals surface area contributed by atoms with Gasteiger partial charge in [-0.15, -0.1) is 11.3 Å². The summed E-state index contributed by atoms with van der Waals surface area (Å²) < 4.78 is 2.64. The number of nitrogens with one attached hydrogen (secondary N) is 1. The minimum absolute atomic E-state index is 0.0790. The van der Waals surface area contributed by atoms with Gasteiger partial charge in [-0.25, -0.2) is 4.98 Å². The number of rotatable bonds is 4. The highest BCUT2D eigenvalue weighted by Gasteiger charge is 2.58. The highest BCUT2D eigenvalue weighted by molar-refractivity contribution is 7.17. The largest absolute Gasteiger partial charge is 0.337 e. The van der Waals surface area contributed by atoms with Gasteiger partial charge in [0.15, 0.2) is 0 Å². The van der Waals surface area contributed by atoms with E-state index in [-0.39, 0.29) is 5.91 Å². The number of aryl methyl sites for hydroxylation is 1. The maximum absolute atomic E-state index is 13.1. The molecule has 0 radical (unpaired) electrons. The molecule has 1 atom stereocenters. The van der Waals surface area contributed by atoms with Crippen LogP contribution < -0.4 is 5.32 Å². The molecule has 1 spiro atoms. The lowest BCUT2D eigenvalue weighted by molar-refractivity contribution is 0.0690. The first-order valence-corrected chi connectivity index (χ1v) is 9.52. The van der Waals surface area contributed by atoms with Crippen molar-refractivity contribution in [2.24, 2.45) is 12.5 Å². The van der Waals surface area contributed by atoms with Gasteiger partial charge in [0.05, 0.1) is 15.8 Å². The molecular weight excluding hydrogens is 344 g/mol. The summed E-state index contributed by atoms with van der Waals surface area (Å²) in [6.45, 7) is 2.65. The zero-order chi connectivity index (χ0) is 16.7. The van der Waals surface area contributed by atoms with E-state index in [1.165, 1.54) is 11.3 Å². The second kappa shape index (κ2) is 6.17. The Balaban J connectivity index is 1.60. The fraction of sp³-hybridized carbons (Fsp3) is 0.529. The Morgan fingerprint density at radius 3 is 2.92 bits per heavy atom. The van der Waals surface area contributed by atoms with Gasteiger partial charge in [-0.05, 0) is 49.9 Å². The Bertz CT molecular complexity index is 749. The van der Waals surface area contributed by atoms with E-state index in [1.807, 2.05) is 28.8 Å². The summed E-state index contributed by atoms with van der Waals surface area (Å²) in [6.07, 6.45) is 7.10. The zero-order valence-electron chi connectivity index (χ0n) is 13.7. The number of carbonyl (C=O) groups excluding carboxylic acids is 1. The quantitative estimate of drug-likeness (QED) is 0.907. The van der Waals surface area contributed by atoms with Crippen molar-refractivity contribution in [1.82, 2.24) is 19.8 Å². The third-order valence-electron chi connectivity index (χ3n) is 5.40. The van der Waals surface area contributed by atoms with E-state index in [9.17, 15) is 4.79 Å². The minimum Gasteiger partial charge on any atom is -0.337 e. The summed E-state index contributed by atoms with van der Waals surface area (Å²) in [6, 6.07) is 3.94. The van der Waals surface area contributed by atoms with Crippen LogP contribution >= 0.6 is 22.9 Å². The lowest BCUT2D eigenvalue weighted by Crippen LogP contribution is -2.39. The van der Waals surface area contributed by atoms with Crippen LogP contribution in [0.2, 0.25) is 4.34 Å². The van der Waals surface area contributed by atoms with Crippen LogP contribution in [0.3, 0.4) is 0 Å². The molecule has 2 fully saturated rings. The van der Waals surface area contributed by atoms with Gasteiger partial charge in [0.25, 0.3) is 5.91 Å². The molecule has 1 aliphatic heterocycles. The van der Waals surface area contributed by atoms with E-state index < -0.39 is 0 Å². The SMILES string of the molecule is Cn1ccnc1CN(C(=O)c1ccc(Cl)s1)[C@H]1CC12CCNCC2. The molecule has 128 valence electrons. The highest BCUT2D eigenvalue weighted by Crippen LogP contribution is 2.56. The van der Waals surface area contributed by atoms with Crippen LogP contribution in [-0.4, -0.2) is 39.5 Å². The van der Waals surface area contributed by atoms with E-state index in [1.54, 1.807) is 12.3 Å². The van der Waals surface area contributed by atoms with Gasteiger partial charge in [-0.2, -0.15) is 0 Å². The van der Waals surface area contributed by atoms with Crippen molar-refractivity contribution in [2.45, 2.75) is 31.8 Å². The molecular formula is C17H21ClN4OS. The van der Waals surface area contributed by atoms with Crippen LogP contribution in [0, 0.1) is 5.41 Å². The van der Waals surface area contributed by atoms with Crippen molar-refractivity contribution in [2.75, 3.05) is 13.1 Å². The molecule has 1 aliphatic carbocycles. The summed E-state index contributed by atoms with van der Waals surface area (Å²) in [5.41, 5.74) is 0.299. The number of hydrogen-bond acceptors (Lipinski definition) is 4. The lowest BCUT2D eigenvalue weighted by atomic mass is 9.93. The van der Waals surface area contributed by atoms with Crippen LogP contribution in [-0.2, 0) is 13.6 Å². The normalized spacial score (nSPS) is 21.8. The van der Waals surface area contributed by atoms with E-state index >= 15 is 0 Å². The van der Waals surface area contributed by atoms with E-state index in [2.05, 4.69) is 10.3 Å². The summed E-state index contributed by atoms with van der Waals surface area (Å²) in [5, 5.41) is 3.42. The molecule has 2 aliphatic rings. The molecule has 2 aromatic heterocycles. The van der Waals surface area contributed by atoms with E-state index in [0.29, 0.717) is 27.2 Å². The molecule has 0 aromatic carbocycles. The second-order valence-electron chi connectivity index (χ2n) is 6.82. The monoisotopic (exact) mass is 364 g/mol. The topological polar surface area (TPSA) is 50.2 Å². The standard InChI is InChI=1S/C17H21ClN4OS/c1-21-9-8-20-15(21)11-22(16(23)12-2-3-14(18)24-12)13-10-17(13)4-6-19-7-5-17/h2-3,8-9,13,19H,4-7,10-11H2,1H3/t13-/m0/s1. The number of amides is 1. The van der Waals surface area contributed by atoms with Gasteiger partial charge in [-0.3, -0.25) is 4.79 Å². The molecule has 5 nitrogen and oxygen atoms in total. The first-order chi connectivity index (χ1) is 11.6. The Kier molecular flexibility index (Phi) is 4.14. The van der Waals surface area contributed by atoms with Crippen molar-refractivity contribution < 1.29 is 4.79 Å². The first-order valence-electron chi connectivity index (χ1n) is 8.32. The molecule has 4 rings (SSSR count). The molecule has 1 saturated carbocycles. The third kappa shape index (κ3) is 2.87. The van der Waals surface area contributed by atoms with Crippen LogP contribution in [0.15, 0.2) is 24.5 Å². The summed E-state index contributed by atoms with van der Waals surface area (Å²) in [7, 11) is 1.97. The fourth-order valence-corrected chi connectivity index (χ4v) is 4.82. The number of nitrogens with zero attached hydrogens (tertiary/aromatic N) is 3. The van der Waals surface area contributed by atoms with Gasteiger partial charge in [-0.1, -0.05) is 11.6 Å². The fourth-order valence-electron chi connectivity index (χ4n) is 3.82. The molecule has 0 bridgehead atoms. The number of imidazole rings is 1. The van der Waals surface area contributed by atoms with Crippen LogP contribution in [0.5, 0.6) is 0 Å². The van der Waals surface area contributed by atoms with Gasteiger partial charge < -0.3 is 14.8 Å². The van der Waals surface area contributed by atoms with Crippen molar-refractivity contribution >= 4 is 28.8 Å². The van der Waals surface area contributed by atoms with Gasteiger partial charge >= 0.3 is 0 Å². The van der Waals surface area contributed by atoms with E-state index in [4.69, 9.17) is 11.6 Å². The molecule has 2 aromatic rings. The molecule has 1 amide bonds. The predicted molar refractivity (Wildman–Crippen MR) is 95.4 cm³/mol. The number of carbonyl (C=O) groups is 1. The minimum atomic E-state index is 0.0790. The van der Waals surface area contributed by atoms with Crippen molar-refractivity contribution in [1.29, 1.82) is 0 Å². The zero-order valence-corrected chi connectivity index (χ0v) is 15.2. The van der Waals surface area contributed by atoms with Gasteiger partial charge in [0.2, 0.25) is 0 Å².